The van der Waals surface area contributed by atoms with Gasteiger partial charge in [-0.05, 0) is 19.8 Å². The average molecular weight is 142 g/mol. The van der Waals surface area contributed by atoms with Crippen LogP contribution in [0.1, 0.15) is 26.2 Å². The van der Waals surface area contributed by atoms with Gasteiger partial charge in [0.1, 0.15) is 0 Å². The molecule has 2 atom stereocenters. The summed E-state index contributed by atoms with van der Waals surface area (Å²) in [5.74, 6) is 0. The molecule has 2 saturated heterocycles. The van der Waals surface area contributed by atoms with Gasteiger partial charge in [-0.3, -0.25) is 0 Å². The molecule has 2 rings (SSSR count). The van der Waals surface area contributed by atoms with E-state index in [1.54, 1.807) is 0 Å². The molecular formula is C8H14O2. The number of rotatable bonds is 0. The molecule has 2 fully saturated rings. The van der Waals surface area contributed by atoms with Crippen molar-refractivity contribution in [3.8, 4) is 0 Å². The smallest absolute Gasteiger partial charge is 0.0941 e. The van der Waals surface area contributed by atoms with Crippen molar-refractivity contribution in [2.45, 2.75) is 37.9 Å². The van der Waals surface area contributed by atoms with Crippen molar-refractivity contribution in [3.63, 3.8) is 0 Å². The second-order valence-electron chi connectivity index (χ2n) is 3.45. The van der Waals surface area contributed by atoms with E-state index in [-0.39, 0.29) is 5.60 Å². The van der Waals surface area contributed by atoms with Crippen molar-refractivity contribution in [2.75, 3.05) is 13.2 Å². The van der Waals surface area contributed by atoms with Gasteiger partial charge in [-0.25, -0.2) is 0 Å². The van der Waals surface area contributed by atoms with Crippen LogP contribution in [0, 0.1) is 0 Å². The van der Waals surface area contributed by atoms with Crippen molar-refractivity contribution < 1.29 is 9.47 Å². The molecule has 0 aliphatic carbocycles. The highest BCUT2D eigenvalue weighted by atomic mass is 16.6. The summed E-state index contributed by atoms with van der Waals surface area (Å²) in [7, 11) is 0. The molecule has 2 aliphatic rings. The van der Waals surface area contributed by atoms with Gasteiger partial charge < -0.3 is 9.47 Å². The number of ether oxygens (including phenoxy) is 2. The van der Waals surface area contributed by atoms with E-state index in [4.69, 9.17) is 9.47 Å². The van der Waals surface area contributed by atoms with E-state index < -0.39 is 0 Å². The van der Waals surface area contributed by atoms with E-state index in [2.05, 4.69) is 6.92 Å². The maximum Gasteiger partial charge on any atom is 0.0941 e. The summed E-state index contributed by atoms with van der Waals surface area (Å²) in [4.78, 5) is 0. The molecule has 0 saturated carbocycles. The predicted octanol–water partition coefficient (Wildman–Crippen LogP) is 1.34. The van der Waals surface area contributed by atoms with Crippen molar-refractivity contribution in [1.29, 1.82) is 0 Å². The van der Waals surface area contributed by atoms with Crippen LogP contribution in [0.15, 0.2) is 0 Å². The fourth-order valence-electron chi connectivity index (χ4n) is 1.89. The first-order valence-electron chi connectivity index (χ1n) is 4.06. The minimum atomic E-state index is 0.138. The molecule has 58 valence electrons. The highest BCUT2D eigenvalue weighted by Crippen LogP contribution is 2.36. The van der Waals surface area contributed by atoms with Gasteiger partial charge in [0.15, 0.2) is 0 Å². The lowest BCUT2D eigenvalue weighted by Gasteiger charge is -2.20. The summed E-state index contributed by atoms with van der Waals surface area (Å²) in [5, 5.41) is 0. The molecule has 2 aliphatic heterocycles. The molecule has 0 bridgehead atoms. The van der Waals surface area contributed by atoms with Gasteiger partial charge in [0.25, 0.3) is 0 Å². The van der Waals surface area contributed by atoms with Crippen LogP contribution < -0.4 is 0 Å². The summed E-state index contributed by atoms with van der Waals surface area (Å²) in [5.41, 5.74) is 0.138. The van der Waals surface area contributed by atoms with E-state index in [0.717, 1.165) is 19.6 Å². The third-order valence-electron chi connectivity index (χ3n) is 2.52. The molecule has 1 spiro atoms. The Morgan fingerprint density at radius 1 is 1.40 bits per heavy atom. The van der Waals surface area contributed by atoms with Crippen LogP contribution in [0.4, 0.5) is 0 Å². The summed E-state index contributed by atoms with van der Waals surface area (Å²) in [6, 6.07) is 0. The molecule has 10 heavy (non-hydrogen) atoms. The lowest BCUT2D eigenvalue weighted by Crippen LogP contribution is -2.28. The molecule has 0 aromatic rings. The zero-order valence-electron chi connectivity index (χ0n) is 6.43. The van der Waals surface area contributed by atoms with Gasteiger partial charge >= 0.3 is 0 Å². The zero-order chi connectivity index (χ0) is 7.03. The zero-order valence-corrected chi connectivity index (χ0v) is 6.43. The van der Waals surface area contributed by atoms with Gasteiger partial charge in [-0.15, -0.1) is 0 Å². The first kappa shape index (κ1) is 6.62. The average Bonchev–Trinajstić information content (AvgIpc) is 2.46. The molecule has 0 amide bonds. The summed E-state index contributed by atoms with van der Waals surface area (Å²) in [6.45, 7) is 3.87. The molecule has 2 unspecified atom stereocenters. The van der Waals surface area contributed by atoms with Crippen molar-refractivity contribution in [2.24, 2.45) is 0 Å². The first-order chi connectivity index (χ1) is 4.81. The van der Waals surface area contributed by atoms with Crippen molar-refractivity contribution in [1.82, 2.24) is 0 Å². The van der Waals surface area contributed by atoms with Crippen LogP contribution in [-0.2, 0) is 9.47 Å². The Morgan fingerprint density at radius 3 is 2.80 bits per heavy atom. The Balaban J connectivity index is 2.03. The molecule has 0 aromatic carbocycles. The van der Waals surface area contributed by atoms with Gasteiger partial charge in [0.05, 0.1) is 18.3 Å². The largest absolute Gasteiger partial charge is 0.378 e. The quantitative estimate of drug-likeness (QED) is 0.508. The minimum Gasteiger partial charge on any atom is -0.378 e. The van der Waals surface area contributed by atoms with Crippen LogP contribution in [0.25, 0.3) is 0 Å². The Hall–Kier alpha value is -0.0800. The summed E-state index contributed by atoms with van der Waals surface area (Å²) >= 11 is 0. The molecule has 0 N–H and O–H groups in total. The van der Waals surface area contributed by atoms with Crippen molar-refractivity contribution in [3.05, 3.63) is 0 Å². The second kappa shape index (κ2) is 2.21. The molecule has 2 heteroatoms. The molecular weight excluding hydrogens is 128 g/mol. The van der Waals surface area contributed by atoms with Crippen LogP contribution in [-0.4, -0.2) is 24.9 Å². The Labute approximate surface area is 61.5 Å². The lowest BCUT2D eigenvalue weighted by molar-refractivity contribution is -0.0375. The predicted molar refractivity (Wildman–Crippen MR) is 37.9 cm³/mol. The van der Waals surface area contributed by atoms with E-state index in [0.29, 0.717) is 6.10 Å². The molecule has 0 aromatic heterocycles. The normalized spacial score (nSPS) is 47.1. The molecule has 0 radical (unpaired) electrons. The van der Waals surface area contributed by atoms with E-state index in [1.807, 2.05) is 0 Å². The molecule has 2 heterocycles. The fraction of sp³-hybridized carbons (Fsp3) is 1.00. The van der Waals surface area contributed by atoms with Crippen molar-refractivity contribution >= 4 is 0 Å². The van der Waals surface area contributed by atoms with Crippen LogP contribution in [0.2, 0.25) is 0 Å². The number of hydrogen-bond donors (Lipinski definition) is 0. The highest BCUT2D eigenvalue weighted by molar-refractivity contribution is 4.90. The van der Waals surface area contributed by atoms with Gasteiger partial charge in [-0.1, -0.05) is 0 Å². The van der Waals surface area contributed by atoms with Crippen LogP contribution in [0.3, 0.4) is 0 Å². The van der Waals surface area contributed by atoms with Gasteiger partial charge in [0.2, 0.25) is 0 Å². The third kappa shape index (κ3) is 0.956. The summed E-state index contributed by atoms with van der Waals surface area (Å²) in [6.07, 6.45) is 3.98. The first-order valence-corrected chi connectivity index (χ1v) is 4.06. The molecule has 2 nitrogen and oxygen atoms in total. The van der Waals surface area contributed by atoms with Gasteiger partial charge in [0, 0.05) is 13.0 Å². The van der Waals surface area contributed by atoms with Crippen LogP contribution >= 0.6 is 0 Å². The Bertz CT molecular complexity index is 127. The maximum atomic E-state index is 5.78. The monoisotopic (exact) mass is 142 g/mol. The van der Waals surface area contributed by atoms with E-state index >= 15 is 0 Å². The highest BCUT2D eigenvalue weighted by Gasteiger charge is 2.41. The second-order valence-corrected chi connectivity index (χ2v) is 3.45. The number of hydrogen-bond acceptors (Lipinski definition) is 2. The topological polar surface area (TPSA) is 18.5 Å². The standard InChI is InChI=1S/C8H14O2/c1-7-2-3-8(10-7)4-5-9-6-8/h7H,2-6H2,1H3. The summed E-state index contributed by atoms with van der Waals surface area (Å²) < 4.78 is 11.1. The van der Waals surface area contributed by atoms with E-state index in [1.165, 1.54) is 12.8 Å². The lowest BCUT2D eigenvalue weighted by atomic mass is 9.99. The fourth-order valence-corrected chi connectivity index (χ4v) is 1.89. The Kier molecular flexibility index (Phi) is 1.46. The SMILES string of the molecule is CC1CCC2(CCOC2)O1. The van der Waals surface area contributed by atoms with Gasteiger partial charge in [-0.2, -0.15) is 0 Å². The Morgan fingerprint density at radius 2 is 2.30 bits per heavy atom. The minimum absolute atomic E-state index is 0.138. The maximum absolute atomic E-state index is 5.78. The van der Waals surface area contributed by atoms with E-state index in [9.17, 15) is 0 Å². The third-order valence-corrected chi connectivity index (χ3v) is 2.52. The van der Waals surface area contributed by atoms with Crippen LogP contribution in [0.5, 0.6) is 0 Å².